The highest BCUT2D eigenvalue weighted by atomic mass is 35.5. The van der Waals surface area contributed by atoms with Crippen molar-refractivity contribution in [2.75, 3.05) is 0 Å². The summed E-state index contributed by atoms with van der Waals surface area (Å²) in [5, 5.41) is 3.99. The minimum Gasteiger partial charge on any atom is -0.455 e. The van der Waals surface area contributed by atoms with E-state index in [2.05, 4.69) is 33.0 Å². The molecule has 1 atom stereocenters. The summed E-state index contributed by atoms with van der Waals surface area (Å²) in [6, 6.07) is 10.5. The summed E-state index contributed by atoms with van der Waals surface area (Å²) < 4.78 is 11.2. The van der Waals surface area contributed by atoms with Crippen LogP contribution in [0.25, 0.3) is 0 Å². The van der Waals surface area contributed by atoms with Gasteiger partial charge < -0.3 is 14.8 Å². The standard InChI is InChI=1S/C26H30ClNO4/c1-15-18-7-6-8-22(23(18)24(30)31-15)32-21-10-9-17(12-19(21)27)20(29)11-16-13-25(2,3)28-26(4,5)14-16/h6-10,12,15-16,28H,11,13-14H2,1-5H3. The van der Waals surface area contributed by atoms with Gasteiger partial charge in [-0.25, -0.2) is 4.79 Å². The molecular weight excluding hydrogens is 426 g/mol. The number of ether oxygens (including phenoxy) is 2. The summed E-state index contributed by atoms with van der Waals surface area (Å²) in [6.45, 7) is 10.6. The van der Waals surface area contributed by atoms with E-state index in [1.807, 2.05) is 19.1 Å². The predicted octanol–water partition coefficient (Wildman–Crippen LogP) is 6.49. The second-order valence-electron chi connectivity index (χ2n) is 10.3. The highest BCUT2D eigenvalue weighted by Crippen LogP contribution is 2.40. The van der Waals surface area contributed by atoms with Gasteiger partial charge in [-0.1, -0.05) is 23.7 Å². The molecule has 0 aliphatic carbocycles. The van der Waals surface area contributed by atoms with Crippen LogP contribution in [0.1, 0.15) is 86.3 Å². The molecule has 4 rings (SSSR count). The van der Waals surface area contributed by atoms with Gasteiger partial charge >= 0.3 is 5.97 Å². The van der Waals surface area contributed by atoms with Crippen LogP contribution in [0.15, 0.2) is 36.4 Å². The molecule has 1 fully saturated rings. The first kappa shape index (κ1) is 22.8. The number of carbonyl (C=O) groups excluding carboxylic acids is 2. The molecule has 170 valence electrons. The van der Waals surface area contributed by atoms with E-state index < -0.39 is 5.97 Å². The lowest BCUT2D eigenvalue weighted by Crippen LogP contribution is -2.57. The molecule has 0 saturated carbocycles. The molecule has 6 heteroatoms. The SMILES string of the molecule is CC1OC(=O)c2c(Oc3ccc(C(=O)CC4CC(C)(C)NC(C)(C)C4)cc3Cl)cccc21. The summed E-state index contributed by atoms with van der Waals surface area (Å²) in [5.41, 5.74) is 1.78. The fourth-order valence-electron chi connectivity index (χ4n) is 5.41. The normalized spacial score (nSPS) is 21.7. The van der Waals surface area contributed by atoms with Crippen LogP contribution in [0.3, 0.4) is 0 Å². The molecule has 0 radical (unpaired) electrons. The molecule has 5 nitrogen and oxygen atoms in total. The van der Waals surface area contributed by atoms with Gasteiger partial charge in [0.05, 0.1) is 5.02 Å². The van der Waals surface area contributed by atoms with Crippen LogP contribution in [-0.2, 0) is 4.74 Å². The van der Waals surface area contributed by atoms with E-state index in [4.69, 9.17) is 21.1 Å². The van der Waals surface area contributed by atoms with Crippen LogP contribution >= 0.6 is 11.6 Å². The Morgan fingerprint density at radius 1 is 1.12 bits per heavy atom. The van der Waals surface area contributed by atoms with Gasteiger partial charge in [0.1, 0.15) is 23.2 Å². The van der Waals surface area contributed by atoms with Crippen molar-refractivity contribution in [3.05, 3.63) is 58.1 Å². The predicted molar refractivity (Wildman–Crippen MR) is 125 cm³/mol. The quantitative estimate of drug-likeness (QED) is 0.412. The smallest absolute Gasteiger partial charge is 0.342 e. The Balaban J connectivity index is 1.50. The third-order valence-electron chi connectivity index (χ3n) is 6.21. The number of cyclic esters (lactones) is 1. The summed E-state index contributed by atoms with van der Waals surface area (Å²) in [7, 11) is 0. The summed E-state index contributed by atoms with van der Waals surface area (Å²) in [6.07, 6.45) is 2.08. The van der Waals surface area contributed by atoms with Crippen LogP contribution in [0, 0.1) is 5.92 Å². The van der Waals surface area contributed by atoms with Crippen molar-refractivity contribution in [3.8, 4) is 11.5 Å². The van der Waals surface area contributed by atoms with E-state index in [9.17, 15) is 9.59 Å². The van der Waals surface area contributed by atoms with E-state index in [0.29, 0.717) is 40.0 Å². The maximum atomic E-state index is 13.0. The molecule has 1 N–H and O–H groups in total. The van der Waals surface area contributed by atoms with Crippen molar-refractivity contribution >= 4 is 23.4 Å². The number of halogens is 1. The fourth-order valence-corrected chi connectivity index (χ4v) is 5.63. The fraction of sp³-hybridized carbons (Fsp3) is 0.462. The maximum absolute atomic E-state index is 13.0. The number of piperidine rings is 1. The van der Waals surface area contributed by atoms with Crippen molar-refractivity contribution in [2.45, 2.75) is 71.1 Å². The average Bonchev–Trinajstić information content (AvgIpc) is 2.95. The number of esters is 1. The minimum absolute atomic E-state index is 0.00335. The lowest BCUT2D eigenvalue weighted by Gasteiger charge is -2.46. The van der Waals surface area contributed by atoms with Crippen molar-refractivity contribution in [1.29, 1.82) is 0 Å². The number of carbonyl (C=O) groups is 2. The van der Waals surface area contributed by atoms with Gasteiger partial charge in [0.15, 0.2) is 5.78 Å². The van der Waals surface area contributed by atoms with E-state index in [0.717, 1.165) is 18.4 Å². The van der Waals surface area contributed by atoms with Crippen molar-refractivity contribution in [1.82, 2.24) is 5.32 Å². The summed E-state index contributed by atoms with van der Waals surface area (Å²) in [5.74, 6) is 0.780. The number of ketones is 1. The highest BCUT2D eigenvalue weighted by Gasteiger charge is 2.38. The Labute approximate surface area is 194 Å². The number of nitrogens with one attached hydrogen (secondary N) is 1. The van der Waals surface area contributed by atoms with Crippen LogP contribution < -0.4 is 10.1 Å². The zero-order valence-corrected chi connectivity index (χ0v) is 20.0. The molecule has 0 aromatic heterocycles. The Bertz CT molecular complexity index is 1060. The van der Waals surface area contributed by atoms with Crippen molar-refractivity contribution < 1.29 is 19.1 Å². The van der Waals surface area contributed by atoms with E-state index in [-0.39, 0.29) is 23.0 Å². The molecule has 2 aromatic rings. The number of hydrogen-bond donors (Lipinski definition) is 1. The van der Waals surface area contributed by atoms with E-state index in [1.165, 1.54) is 0 Å². The van der Waals surface area contributed by atoms with Crippen molar-refractivity contribution in [2.24, 2.45) is 5.92 Å². The molecular formula is C26H30ClNO4. The highest BCUT2D eigenvalue weighted by molar-refractivity contribution is 6.32. The van der Waals surface area contributed by atoms with Crippen LogP contribution in [0.2, 0.25) is 5.02 Å². The second kappa shape index (κ2) is 8.20. The summed E-state index contributed by atoms with van der Waals surface area (Å²) in [4.78, 5) is 25.2. The molecule has 2 aliphatic rings. The lowest BCUT2D eigenvalue weighted by molar-refractivity contribution is 0.0420. The largest absolute Gasteiger partial charge is 0.455 e. The van der Waals surface area contributed by atoms with Gasteiger partial charge in [-0.3, -0.25) is 4.79 Å². The molecule has 2 aliphatic heterocycles. The average molecular weight is 456 g/mol. The molecule has 0 spiro atoms. The molecule has 1 unspecified atom stereocenters. The first-order chi connectivity index (χ1) is 14.9. The molecule has 2 aromatic carbocycles. The molecule has 32 heavy (non-hydrogen) atoms. The van der Waals surface area contributed by atoms with Gasteiger partial charge in [0.25, 0.3) is 0 Å². The molecule has 1 saturated heterocycles. The van der Waals surface area contributed by atoms with Crippen molar-refractivity contribution in [3.63, 3.8) is 0 Å². The van der Waals surface area contributed by atoms with Crippen LogP contribution in [-0.4, -0.2) is 22.8 Å². The first-order valence-corrected chi connectivity index (χ1v) is 11.5. The summed E-state index contributed by atoms with van der Waals surface area (Å²) >= 11 is 6.47. The number of benzene rings is 2. The molecule has 0 bridgehead atoms. The number of fused-ring (bicyclic) bond motifs is 1. The topological polar surface area (TPSA) is 64.6 Å². The van der Waals surface area contributed by atoms with Gasteiger partial charge in [-0.15, -0.1) is 0 Å². The van der Waals surface area contributed by atoms with Crippen LogP contribution in [0.5, 0.6) is 11.5 Å². The first-order valence-electron chi connectivity index (χ1n) is 11.1. The number of rotatable bonds is 5. The van der Waals surface area contributed by atoms with Crippen LogP contribution in [0.4, 0.5) is 0 Å². The van der Waals surface area contributed by atoms with E-state index in [1.54, 1.807) is 24.3 Å². The zero-order valence-electron chi connectivity index (χ0n) is 19.3. The Morgan fingerprint density at radius 2 is 1.81 bits per heavy atom. The van der Waals surface area contributed by atoms with E-state index >= 15 is 0 Å². The Morgan fingerprint density at radius 3 is 2.47 bits per heavy atom. The van der Waals surface area contributed by atoms with Gasteiger partial charge in [0.2, 0.25) is 0 Å². The van der Waals surface area contributed by atoms with Gasteiger partial charge in [0, 0.05) is 28.6 Å². The number of Topliss-reactive ketones (excluding diaryl/α,β-unsaturated/α-hetero) is 1. The maximum Gasteiger partial charge on any atom is 0.342 e. The number of hydrogen-bond acceptors (Lipinski definition) is 5. The minimum atomic E-state index is -0.404. The van der Waals surface area contributed by atoms with Gasteiger partial charge in [-0.2, -0.15) is 0 Å². The molecule has 0 amide bonds. The second-order valence-corrected chi connectivity index (χ2v) is 10.7. The third kappa shape index (κ3) is 4.69. The molecule has 2 heterocycles. The lowest BCUT2D eigenvalue weighted by atomic mass is 9.74. The Kier molecular flexibility index (Phi) is 5.84. The Hall–Kier alpha value is -2.37. The third-order valence-corrected chi connectivity index (χ3v) is 6.50. The monoisotopic (exact) mass is 455 g/mol. The van der Waals surface area contributed by atoms with Gasteiger partial charge in [-0.05, 0) is 77.6 Å². The zero-order chi connectivity index (χ0) is 23.3.